The van der Waals surface area contributed by atoms with Gasteiger partial charge in [0.15, 0.2) is 0 Å². The number of hydrogen-bond donors (Lipinski definition) is 1. The Morgan fingerprint density at radius 2 is 2.05 bits per heavy atom. The quantitative estimate of drug-likeness (QED) is 0.875. The van der Waals surface area contributed by atoms with Gasteiger partial charge in [0.25, 0.3) is 0 Å². The zero-order valence-electron chi connectivity index (χ0n) is 13.0. The molecule has 1 aliphatic rings. The smallest absolute Gasteiger partial charge is 0.0326 e. The van der Waals surface area contributed by atoms with Crippen molar-refractivity contribution in [2.24, 2.45) is 5.92 Å². The first-order chi connectivity index (χ1) is 8.99. The summed E-state index contributed by atoms with van der Waals surface area (Å²) in [5, 5.41) is 3.79. The zero-order valence-corrected chi connectivity index (χ0v) is 13.0. The first-order valence-electron chi connectivity index (χ1n) is 7.48. The zero-order chi connectivity index (χ0) is 14.0. The van der Waals surface area contributed by atoms with Crippen LogP contribution in [0.25, 0.3) is 0 Å². The molecule has 106 valence electrons. The second-order valence-electron chi connectivity index (χ2n) is 6.48. The number of aryl methyl sites for hydroxylation is 2. The lowest BCUT2D eigenvalue weighted by atomic mass is 10.0. The molecule has 1 aromatic carbocycles. The third-order valence-corrected chi connectivity index (χ3v) is 4.39. The van der Waals surface area contributed by atoms with Gasteiger partial charge in [-0.25, -0.2) is 0 Å². The molecule has 1 N–H and O–H groups in total. The summed E-state index contributed by atoms with van der Waals surface area (Å²) in [6.07, 6.45) is 2.47. The van der Waals surface area contributed by atoms with Crippen molar-refractivity contribution in [1.82, 2.24) is 10.2 Å². The van der Waals surface area contributed by atoms with Gasteiger partial charge < -0.3 is 10.2 Å². The van der Waals surface area contributed by atoms with E-state index in [0.717, 1.165) is 6.54 Å². The van der Waals surface area contributed by atoms with Crippen molar-refractivity contribution in [3.63, 3.8) is 0 Å². The minimum absolute atomic E-state index is 0.552. The Labute approximate surface area is 118 Å². The predicted molar refractivity (Wildman–Crippen MR) is 82.6 cm³/mol. The molecule has 19 heavy (non-hydrogen) atoms. The van der Waals surface area contributed by atoms with Gasteiger partial charge in [-0.15, -0.1) is 0 Å². The molecule has 2 atom stereocenters. The van der Waals surface area contributed by atoms with Gasteiger partial charge in [0.05, 0.1) is 0 Å². The van der Waals surface area contributed by atoms with Gasteiger partial charge in [0, 0.05) is 18.6 Å². The lowest BCUT2D eigenvalue weighted by molar-refractivity contribution is 0.218. The molecule has 0 saturated carbocycles. The maximum absolute atomic E-state index is 3.79. The highest BCUT2D eigenvalue weighted by Gasteiger charge is 2.24. The molecule has 0 radical (unpaired) electrons. The summed E-state index contributed by atoms with van der Waals surface area (Å²) in [7, 11) is 4.36. The van der Waals surface area contributed by atoms with Gasteiger partial charge in [-0.05, 0) is 50.9 Å². The molecule has 2 nitrogen and oxygen atoms in total. The summed E-state index contributed by atoms with van der Waals surface area (Å²) < 4.78 is 0. The molecular weight excluding hydrogens is 232 g/mol. The first-order valence-corrected chi connectivity index (χ1v) is 7.48. The van der Waals surface area contributed by atoms with Crippen LogP contribution >= 0.6 is 0 Å². The first kappa shape index (κ1) is 14.5. The minimum atomic E-state index is 0.552. The number of hydrogen-bond acceptors (Lipinski definition) is 2. The Bertz CT molecular complexity index is 415. The van der Waals surface area contributed by atoms with E-state index in [9.17, 15) is 0 Å². The van der Waals surface area contributed by atoms with Gasteiger partial charge in [0.1, 0.15) is 0 Å². The molecule has 2 unspecified atom stereocenters. The molecule has 2 heteroatoms. The Morgan fingerprint density at radius 1 is 1.32 bits per heavy atom. The molecule has 1 aromatic rings. The highest BCUT2D eigenvalue weighted by molar-refractivity contribution is 5.37. The van der Waals surface area contributed by atoms with Crippen LogP contribution in [0, 0.1) is 12.8 Å². The van der Waals surface area contributed by atoms with E-state index >= 15 is 0 Å². The van der Waals surface area contributed by atoms with E-state index in [-0.39, 0.29) is 0 Å². The van der Waals surface area contributed by atoms with Gasteiger partial charge >= 0.3 is 0 Å². The maximum atomic E-state index is 3.79. The van der Waals surface area contributed by atoms with Crippen molar-refractivity contribution in [3.8, 4) is 0 Å². The van der Waals surface area contributed by atoms with Crippen LogP contribution in [0.1, 0.15) is 43.0 Å². The molecule has 0 spiro atoms. The molecule has 0 amide bonds. The summed E-state index contributed by atoms with van der Waals surface area (Å²) in [6.45, 7) is 7.87. The third kappa shape index (κ3) is 3.37. The number of fused-ring (bicyclic) bond motifs is 1. The summed E-state index contributed by atoms with van der Waals surface area (Å²) in [6, 6.07) is 8.06. The molecule has 2 rings (SSSR count). The molecule has 0 bridgehead atoms. The monoisotopic (exact) mass is 260 g/mol. The van der Waals surface area contributed by atoms with E-state index in [1.165, 1.54) is 29.5 Å². The molecule has 0 aromatic heterocycles. The number of nitrogens with zero attached hydrogens (tertiary/aromatic N) is 1. The van der Waals surface area contributed by atoms with Crippen LogP contribution in [0.15, 0.2) is 18.2 Å². The van der Waals surface area contributed by atoms with Crippen LogP contribution in [-0.2, 0) is 6.42 Å². The van der Waals surface area contributed by atoms with Crippen LogP contribution in [0.5, 0.6) is 0 Å². The Balaban J connectivity index is 2.01. The molecule has 0 heterocycles. The van der Waals surface area contributed by atoms with E-state index in [1.807, 2.05) is 0 Å². The Kier molecular flexibility index (Phi) is 4.64. The van der Waals surface area contributed by atoms with Crippen molar-refractivity contribution < 1.29 is 0 Å². The highest BCUT2D eigenvalue weighted by Crippen LogP contribution is 2.31. The molecule has 1 aliphatic carbocycles. The van der Waals surface area contributed by atoms with E-state index in [0.29, 0.717) is 18.0 Å². The number of nitrogens with one attached hydrogen (secondary N) is 1. The van der Waals surface area contributed by atoms with Crippen molar-refractivity contribution in [2.75, 3.05) is 20.6 Å². The van der Waals surface area contributed by atoms with Crippen molar-refractivity contribution in [2.45, 2.75) is 45.7 Å². The Hall–Kier alpha value is -0.860. The van der Waals surface area contributed by atoms with Crippen LogP contribution in [0.4, 0.5) is 0 Å². The van der Waals surface area contributed by atoms with Gasteiger partial charge in [-0.3, -0.25) is 0 Å². The molecule has 0 fully saturated rings. The maximum Gasteiger partial charge on any atom is 0.0326 e. The number of likely N-dealkylation sites (N-methyl/N-ethyl adjacent to an activating group) is 1. The highest BCUT2D eigenvalue weighted by atomic mass is 15.1. The van der Waals surface area contributed by atoms with Gasteiger partial charge in [-0.2, -0.15) is 0 Å². The fourth-order valence-corrected chi connectivity index (χ4v) is 3.21. The molecular formula is C17H28N2. The standard InChI is InChI=1S/C17H28N2/c1-12(2)17(19(4)5)11-18-16-9-8-14-7-6-13(3)10-15(14)16/h6-7,10,12,16-18H,8-9,11H2,1-5H3. The normalized spacial score (nSPS) is 20.1. The van der Waals surface area contributed by atoms with Gasteiger partial charge in [0.2, 0.25) is 0 Å². The predicted octanol–water partition coefficient (Wildman–Crippen LogP) is 3.16. The van der Waals surface area contributed by atoms with E-state index in [4.69, 9.17) is 0 Å². The fraction of sp³-hybridized carbons (Fsp3) is 0.647. The topological polar surface area (TPSA) is 15.3 Å². The average Bonchev–Trinajstić information content (AvgIpc) is 2.71. The molecule has 0 saturated heterocycles. The minimum Gasteiger partial charge on any atom is -0.308 e. The van der Waals surface area contributed by atoms with Crippen LogP contribution < -0.4 is 5.32 Å². The lowest BCUT2D eigenvalue weighted by Crippen LogP contribution is -2.42. The Morgan fingerprint density at radius 3 is 2.68 bits per heavy atom. The summed E-state index contributed by atoms with van der Waals surface area (Å²) in [4.78, 5) is 2.34. The largest absolute Gasteiger partial charge is 0.308 e. The summed E-state index contributed by atoms with van der Waals surface area (Å²) in [5.74, 6) is 0.681. The van der Waals surface area contributed by atoms with E-state index < -0.39 is 0 Å². The van der Waals surface area contributed by atoms with Crippen molar-refractivity contribution >= 4 is 0 Å². The van der Waals surface area contributed by atoms with Crippen molar-refractivity contribution in [1.29, 1.82) is 0 Å². The van der Waals surface area contributed by atoms with E-state index in [2.05, 4.69) is 63.3 Å². The SMILES string of the molecule is Cc1ccc2c(c1)C(NCC(C(C)C)N(C)C)CC2. The fourth-order valence-electron chi connectivity index (χ4n) is 3.21. The van der Waals surface area contributed by atoms with Crippen LogP contribution in [0.2, 0.25) is 0 Å². The second kappa shape index (κ2) is 6.06. The average molecular weight is 260 g/mol. The second-order valence-corrected chi connectivity index (χ2v) is 6.48. The summed E-state index contributed by atoms with van der Waals surface area (Å²) in [5.41, 5.74) is 4.44. The number of rotatable bonds is 5. The summed E-state index contributed by atoms with van der Waals surface area (Å²) >= 11 is 0. The van der Waals surface area contributed by atoms with E-state index in [1.54, 1.807) is 0 Å². The van der Waals surface area contributed by atoms with Crippen LogP contribution in [0.3, 0.4) is 0 Å². The number of benzene rings is 1. The third-order valence-electron chi connectivity index (χ3n) is 4.39. The molecule has 0 aliphatic heterocycles. The van der Waals surface area contributed by atoms with Crippen molar-refractivity contribution in [3.05, 3.63) is 34.9 Å². The lowest BCUT2D eigenvalue weighted by Gasteiger charge is -2.29. The van der Waals surface area contributed by atoms with Crippen LogP contribution in [-0.4, -0.2) is 31.6 Å². The van der Waals surface area contributed by atoms with Gasteiger partial charge in [-0.1, -0.05) is 37.6 Å².